The maximum Gasteiger partial charge on any atom is 0.245 e. The predicted molar refractivity (Wildman–Crippen MR) is 72.9 cm³/mol. The van der Waals surface area contributed by atoms with Gasteiger partial charge in [0, 0.05) is 30.0 Å². The van der Waals surface area contributed by atoms with E-state index in [-0.39, 0.29) is 17.4 Å². The van der Waals surface area contributed by atoms with Gasteiger partial charge in [0.05, 0.1) is 11.5 Å². The number of rotatable bonds is 1. The third-order valence-electron chi connectivity index (χ3n) is 3.62. The lowest BCUT2D eigenvalue weighted by Gasteiger charge is -2.29. The van der Waals surface area contributed by atoms with Crippen molar-refractivity contribution in [3.63, 3.8) is 0 Å². The largest absolute Gasteiger partial charge is 0.369 e. The quantitative estimate of drug-likeness (QED) is 0.748. The topological polar surface area (TPSA) is 92.5 Å². The molecular weight excluding hydrogens is 266 g/mol. The van der Waals surface area contributed by atoms with Crippen LogP contribution in [0.2, 0.25) is 0 Å². The van der Waals surface area contributed by atoms with E-state index in [4.69, 9.17) is 5.73 Å². The molecule has 0 spiro atoms. The molecule has 3 N–H and O–H groups in total. The molecule has 1 amide bonds. The van der Waals surface area contributed by atoms with Crippen molar-refractivity contribution in [3.8, 4) is 0 Å². The number of nitrogens with two attached hydrogens (primary N) is 1. The summed E-state index contributed by atoms with van der Waals surface area (Å²) in [6.07, 6.45) is 0. The van der Waals surface area contributed by atoms with Crippen LogP contribution in [0.1, 0.15) is 11.6 Å². The first-order valence-electron chi connectivity index (χ1n) is 6.12. The first-order valence-corrected chi connectivity index (χ1v) is 7.94. The van der Waals surface area contributed by atoms with Gasteiger partial charge in [-0.1, -0.05) is 6.07 Å². The van der Waals surface area contributed by atoms with Crippen LogP contribution in [0.25, 0.3) is 0 Å². The molecule has 19 heavy (non-hydrogen) atoms. The highest BCUT2D eigenvalue weighted by Crippen LogP contribution is 2.33. The van der Waals surface area contributed by atoms with Crippen LogP contribution in [0.3, 0.4) is 0 Å². The van der Waals surface area contributed by atoms with Gasteiger partial charge in [-0.25, -0.2) is 8.42 Å². The lowest BCUT2D eigenvalue weighted by atomic mass is 10.1. The van der Waals surface area contributed by atoms with Gasteiger partial charge in [-0.3, -0.25) is 4.79 Å². The Labute approximate surface area is 111 Å². The fourth-order valence-corrected chi connectivity index (χ4v) is 3.64. The molecule has 2 heterocycles. The summed E-state index contributed by atoms with van der Waals surface area (Å²) in [5, 5.41) is 2.73. The molecule has 102 valence electrons. The van der Waals surface area contributed by atoms with Crippen molar-refractivity contribution in [1.29, 1.82) is 0 Å². The number of amides is 1. The molecule has 0 saturated carbocycles. The van der Waals surface area contributed by atoms with Gasteiger partial charge in [-0.15, -0.1) is 0 Å². The molecule has 2 aliphatic rings. The second-order valence-corrected chi connectivity index (χ2v) is 7.18. The lowest BCUT2D eigenvalue weighted by molar-refractivity contribution is -0.116. The molecule has 1 aromatic carbocycles. The Balaban J connectivity index is 1.85. The zero-order valence-corrected chi connectivity index (χ0v) is 11.1. The van der Waals surface area contributed by atoms with E-state index in [1.807, 2.05) is 23.1 Å². The third kappa shape index (κ3) is 2.19. The van der Waals surface area contributed by atoms with Crippen LogP contribution in [0.5, 0.6) is 0 Å². The number of hydrogen-bond acceptors (Lipinski definition) is 5. The Morgan fingerprint density at radius 3 is 2.63 bits per heavy atom. The van der Waals surface area contributed by atoms with E-state index in [9.17, 15) is 13.2 Å². The van der Waals surface area contributed by atoms with Gasteiger partial charge in [0.2, 0.25) is 5.91 Å². The Morgan fingerprint density at radius 1 is 1.26 bits per heavy atom. The summed E-state index contributed by atoms with van der Waals surface area (Å²) in [5.41, 5.74) is 8.18. The molecule has 6 nitrogen and oxygen atoms in total. The molecule has 1 saturated heterocycles. The molecule has 7 heteroatoms. The molecule has 0 radical (unpaired) electrons. The van der Waals surface area contributed by atoms with Gasteiger partial charge in [0.1, 0.15) is 6.04 Å². The second kappa shape index (κ2) is 4.21. The molecule has 1 unspecified atom stereocenters. The number of nitrogens with zero attached hydrogens (tertiary/aromatic N) is 1. The zero-order valence-electron chi connectivity index (χ0n) is 10.3. The summed E-state index contributed by atoms with van der Waals surface area (Å²) in [6.45, 7) is 0.974. The summed E-state index contributed by atoms with van der Waals surface area (Å²) in [4.78, 5) is 13.5. The van der Waals surface area contributed by atoms with Gasteiger partial charge >= 0.3 is 0 Å². The molecule has 1 aromatic rings. The number of carbonyl (C=O) groups is 1. The Bertz CT molecular complexity index is 628. The van der Waals surface area contributed by atoms with E-state index in [0.717, 1.165) is 16.9 Å². The third-order valence-corrected chi connectivity index (χ3v) is 5.23. The van der Waals surface area contributed by atoms with Crippen molar-refractivity contribution in [1.82, 2.24) is 0 Å². The van der Waals surface area contributed by atoms with Crippen molar-refractivity contribution >= 4 is 27.1 Å². The Morgan fingerprint density at radius 2 is 1.95 bits per heavy atom. The van der Waals surface area contributed by atoms with Gasteiger partial charge < -0.3 is 16.0 Å². The number of sulfone groups is 1. The van der Waals surface area contributed by atoms with Gasteiger partial charge in [-0.05, 0) is 12.1 Å². The highest BCUT2D eigenvalue weighted by molar-refractivity contribution is 7.91. The number of anilines is 2. The Kier molecular flexibility index (Phi) is 2.75. The van der Waals surface area contributed by atoms with E-state index >= 15 is 0 Å². The summed E-state index contributed by atoms with van der Waals surface area (Å²) < 4.78 is 22.8. The molecular formula is C12H15N3O3S. The number of hydrogen-bond donors (Lipinski definition) is 2. The molecule has 0 bridgehead atoms. The average Bonchev–Trinajstić information content (AvgIpc) is 2.64. The SMILES string of the molecule is NC1C(=O)Nc2cc(N3CCS(=O)(=O)CC3)ccc21. The summed E-state index contributed by atoms with van der Waals surface area (Å²) in [6, 6.07) is 4.97. The maximum absolute atomic E-state index is 11.5. The normalized spacial score (nSPS) is 25.0. The molecule has 1 fully saturated rings. The highest BCUT2D eigenvalue weighted by Gasteiger charge is 2.28. The average molecular weight is 281 g/mol. The van der Waals surface area contributed by atoms with Gasteiger partial charge in [-0.2, -0.15) is 0 Å². The minimum absolute atomic E-state index is 0.177. The minimum atomic E-state index is -2.88. The summed E-state index contributed by atoms with van der Waals surface area (Å²) in [5.74, 6) is 0.153. The zero-order chi connectivity index (χ0) is 13.6. The van der Waals surface area contributed by atoms with E-state index < -0.39 is 15.9 Å². The summed E-state index contributed by atoms with van der Waals surface area (Å²) in [7, 11) is -2.88. The first-order chi connectivity index (χ1) is 8.96. The van der Waals surface area contributed by atoms with Crippen molar-refractivity contribution in [2.24, 2.45) is 5.73 Å². The standard InChI is InChI=1S/C12H15N3O3S/c13-11-9-2-1-8(7-10(9)14-12(11)16)15-3-5-19(17,18)6-4-15/h1-2,7,11H,3-6,13H2,(H,14,16). The van der Waals surface area contributed by atoms with E-state index in [1.165, 1.54) is 0 Å². The smallest absolute Gasteiger partial charge is 0.245 e. The van der Waals surface area contributed by atoms with Crippen LogP contribution >= 0.6 is 0 Å². The molecule has 0 aliphatic carbocycles. The van der Waals surface area contributed by atoms with Crippen molar-refractivity contribution in [3.05, 3.63) is 23.8 Å². The number of benzene rings is 1. The maximum atomic E-state index is 11.5. The molecule has 0 aromatic heterocycles. The number of fused-ring (bicyclic) bond motifs is 1. The monoisotopic (exact) mass is 281 g/mol. The van der Waals surface area contributed by atoms with Crippen LogP contribution < -0.4 is 16.0 Å². The van der Waals surface area contributed by atoms with Crippen LogP contribution in [0, 0.1) is 0 Å². The second-order valence-electron chi connectivity index (χ2n) is 4.88. The van der Waals surface area contributed by atoms with Crippen LogP contribution in [-0.2, 0) is 14.6 Å². The Hall–Kier alpha value is -1.60. The molecule has 2 aliphatic heterocycles. The molecule has 1 atom stereocenters. The predicted octanol–water partition coefficient (Wildman–Crippen LogP) is -0.127. The number of nitrogens with one attached hydrogen (secondary N) is 1. The van der Waals surface area contributed by atoms with Crippen molar-refractivity contribution in [2.45, 2.75) is 6.04 Å². The number of carbonyl (C=O) groups excluding carboxylic acids is 1. The lowest BCUT2D eigenvalue weighted by Crippen LogP contribution is -2.40. The van der Waals surface area contributed by atoms with Crippen LogP contribution in [-0.4, -0.2) is 38.9 Å². The van der Waals surface area contributed by atoms with E-state index in [2.05, 4.69) is 5.32 Å². The fraction of sp³-hybridized carbons (Fsp3) is 0.417. The van der Waals surface area contributed by atoms with Crippen LogP contribution in [0.4, 0.5) is 11.4 Å². The molecule has 3 rings (SSSR count). The van der Waals surface area contributed by atoms with E-state index in [0.29, 0.717) is 13.1 Å². The summed E-state index contributed by atoms with van der Waals surface area (Å²) >= 11 is 0. The fourth-order valence-electron chi connectivity index (χ4n) is 2.44. The van der Waals surface area contributed by atoms with Crippen LogP contribution in [0.15, 0.2) is 18.2 Å². The van der Waals surface area contributed by atoms with Crippen molar-refractivity contribution < 1.29 is 13.2 Å². The van der Waals surface area contributed by atoms with Crippen molar-refractivity contribution in [2.75, 3.05) is 34.8 Å². The van der Waals surface area contributed by atoms with Gasteiger partial charge in [0.15, 0.2) is 9.84 Å². The van der Waals surface area contributed by atoms with E-state index in [1.54, 1.807) is 0 Å². The van der Waals surface area contributed by atoms with Gasteiger partial charge in [0.25, 0.3) is 0 Å². The highest BCUT2D eigenvalue weighted by atomic mass is 32.2. The minimum Gasteiger partial charge on any atom is -0.369 e. The first kappa shape index (κ1) is 12.4.